The first-order valence-corrected chi connectivity index (χ1v) is 7.65. The summed E-state index contributed by atoms with van der Waals surface area (Å²) in [6.45, 7) is 1.70. The third-order valence-electron chi connectivity index (χ3n) is 4.42. The summed E-state index contributed by atoms with van der Waals surface area (Å²) in [6.07, 6.45) is -0.918. The number of aryl methyl sites for hydroxylation is 1. The molecule has 8 heteroatoms. The van der Waals surface area contributed by atoms with Gasteiger partial charge in [-0.25, -0.2) is 9.97 Å². The number of carbonyl (C=O) groups is 1. The fourth-order valence-electron chi connectivity index (χ4n) is 3.08. The number of likely N-dealkylation sites (tertiary alicyclic amines) is 1. The molecule has 1 aromatic heterocycles. The highest BCUT2D eigenvalue weighted by atomic mass is 19.4. The molecule has 1 amide bonds. The van der Waals surface area contributed by atoms with Crippen molar-refractivity contribution in [3.05, 3.63) is 17.7 Å². The van der Waals surface area contributed by atoms with E-state index in [4.69, 9.17) is 0 Å². The maximum Gasteiger partial charge on any atom is 0.393 e. The summed E-state index contributed by atoms with van der Waals surface area (Å²) in [5.74, 6) is -2.47. The van der Waals surface area contributed by atoms with Crippen LogP contribution in [-0.2, 0) is 4.79 Å². The molecule has 1 saturated carbocycles. The van der Waals surface area contributed by atoms with Gasteiger partial charge in [0.1, 0.15) is 5.82 Å². The summed E-state index contributed by atoms with van der Waals surface area (Å²) in [5.41, 5.74) is 1.18. The van der Waals surface area contributed by atoms with E-state index in [9.17, 15) is 18.0 Å². The van der Waals surface area contributed by atoms with Gasteiger partial charge in [0.15, 0.2) is 0 Å². The number of amides is 1. The molecule has 1 aliphatic heterocycles. The average Bonchev–Trinajstić information content (AvgIpc) is 3.21. The van der Waals surface area contributed by atoms with E-state index < -0.39 is 23.9 Å². The Bertz CT molecular complexity index is 615. The summed E-state index contributed by atoms with van der Waals surface area (Å²) in [6, 6.07) is 0. The van der Waals surface area contributed by atoms with Crippen LogP contribution < -0.4 is 5.32 Å². The predicted octanol–water partition coefficient (Wildman–Crippen LogP) is 2.34. The molecule has 0 spiro atoms. The third-order valence-corrected chi connectivity index (χ3v) is 4.42. The molecule has 2 atom stereocenters. The highest BCUT2D eigenvalue weighted by molar-refractivity contribution is 5.93. The van der Waals surface area contributed by atoms with Crippen molar-refractivity contribution in [3.8, 4) is 0 Å². The number of alkyl halides is 3. The van der Waals surface area contributed by atoms with Gasteiger partial charge in [0.25, 0.3) is 0 Å². The summed E-state index contributed by atoms with van der Waals surface area (Å²) in [5, 5.41) is 2.63. The van der Waals surface area contributed by atoms with Crippen LogP contribution >= 0.6 is 0 Å². The number of rotatable bonds is 3. The number of hydrogen-bond acceptors (Lipinski definition) is 4. The van der Waals surface area contributed by atoms with Crippen LogP contribution in [0, 0.1) is 18.8 Å². The fourth-order valence-corrected chi connectivity index (χ4v) is 3.08. The lowest BCUT2D eigenvalue weighted by Crippen LogP contribution is -2.37. The number of carbonyl (C=O) groups excluding carboxylic acids is 1. The van der Waals surface area contributed by atoms with E-state index in [-0.39, 0.29) is 19.0 Å². The lowest BCUT2D eigenvalue weighted by atomic mass is 9.94. The van der Waals surface area contributed by atoms with E-state index in [2.05, 4.69) is 15.3 Å². The zero-order valence-corrected chi connectivity index (χ0v) is 13.0. The number of nitrogens with zero attached hydrogens (tertiary/aromatic N) is 3. The minimum atomic E-state index is -4.38. The predicted molar refractivity (Wildman–Crippen MR) is 77.9 cm³/mol. The molecular weight excluding hydrogens is 309 g/mol. The van der Waals surface area contributed by atoms with Gasteiger partial charge >= 0.3 is 6.18 Å². The van der Waals surface area contributed by atoms with Crippen LogP contribution in [0.25, 0.3) is 0 Å². The largest absolute Gasteiger partial charge is 0.393 e. The molecule has 1 N–H and O–H groups in total. The Labute approximate surface area is 132 Å². The van der Waals surface area contributed by atoms with Crippen LogP contribution in [0.3, 0.4) is 0 Å². The molecule has 23 heavy (non-hydrogen) atoms. The van der Waals surface area contributed by atoms with Crippen LogP contribution in [0.2, 0.25) is 0 Å². The van der Waals surface area contributed by atoms with Crippen molar-refractivity contribution < 1.29 is 18.0 Å². The molecule has 1 aromatic rings. The first kappa shape index (κ1) is 16.2. The van der Waals surface area contributed by atoms with Crippen LogP contribution in [0.4, 0.5) is 18.9 Å². The Morgan fingerprint density at radius 3 is 2.65 bits per heavy atom. The van der Waals surface area contributed by atoms with Gasteiger partial charge in [-0.2, -0.15) is 13.2 Å². The van der Waals surface area contributed by atoms with Crippen molar-refractivity contribution in [1.29, 1.82) is 0 Å². The Morgan fingerprint density at radius 1 is 1.35 bits per heavy atom. The molecule has 0 bridgehead atoms. The third kappa shape index (κ3) is 3.46. The summed E-state index contributed by atoms with van der Waals surface area (Å²) in [4.78, 5) is 22.3. The van der Waals surface area contributed by atoms with Gasteiger partial charge in [-0.3, -0.25) is 4.79 Å². The Hall–Kier alpha value is -1.70. The normalized spacial score (nSPS) is 25.6. The van der Waals surface area contributed by atoms with E-state index >= 15 is 0 Å². The van der Waals surface area contributed by atoms with E-state index in [1.807, 2.05) is 0 Å². The maximum atomic E-state index is 13.1. The molecule has 1 saturated heterocycles. The van der Waals surface area contributed by atoms with Crippen LogP contribution in [-0.4, -0.2) is 47.1 Å². The topological polar surface area (TPSA) is 58.1 Å². The van der Waals surface area contributed by atoms with Crippen molar-refractivity contribution >= 4 is 11.6 Å². The number of anilines is 1. The maximum absolute atomic E-state index is 13.1. The quantitative estimate of drug-likeness (QED) is 0.925. The van der Waals surface area contributed by atoms with E-state index in [1.54, 1.807) is 14.0 Å². The smallest absolute Gasteiger partial charge is 0.323 e. The minimum absolute atomic E-state index is 0.0987. The summed E-state index contributed by atoms with van der Waals surface area (Å²) < 4.78 is 39.4. The summed E-state index contributed by atoms with van der Waals surface area (Å²) in [7, 11) is 1.59. The first-order chi connectivity index (χ1) is 10.8. The highest BCUT2D eigenvalue weighted by Crippen LogP contribution is 2.43. The van der Waals surface area contributed by atoms with Crippen molar-refractivity contribution in [2.75, 3.05) is 25.5 Å². The molecule has 5 nitrogen and oxygen atoms in total. The van der Waals surface area contributed by atoms with Crippen molar-refractivity contribution in [2.24, 2.45) is 11.8 Å². The molecule has 3 rings (SSSR count). The van der Waals surface area contributed by atoms with Gasteiger partial charge in [-0.1, -0.05) is 0 Å². The Kier molecular flexibility index (Phi) is 4.03. The number of aromatic nitrogens is 2. The van der Waals surface area contributed by atoms with Gasteiger partial charge in [-0.15, -0.1) is 0 Å². The molecule has 0 aromatic carbocycles. The van der Waals surface area contributed by atoms with E-state index in [0.29, 0.717) is 11.5 Å². The average molecular weight is 328 g/mol. The molecule has 2 heterocycles. The van der Waals surface area contributed by atoms with Gasteiger partial charge in [-0.05, 0) is 26.8 Å². The van der Waals surface area contributed by atoms with E-state index in [0.717, 1.165) is 18.5 Å². The van der Waals surface area contributed by atoms with Gasteiger partial charge in [0.2, 0.25) is 5.91 Å². The molecule has 2 aliphatic rings. The van der Waals surface area contributed by atoms with Crippen LogP contribution in [0.5, 0.6) is 0 Å². The summed E-state index contributed by atoms with van der Waals surface area (Å²) >= 11 is 0. The molecule has 126 valence electrons. The molecule has 2 fully saturated rings. The second-order valence-corrected chi connectivity index (χ2v) is 6.46. The monoisotopic (exact) mass is 328 g/mol. The second-order valence-electron chi connectivity index (χ2n) is 6.46. The highest BCUT2D eigenvalue weighted by Gasteiger charge is 2.51. The first-order valence-electron chi connectivity index (χ1n) is 7.65. The van der Waals surface area contributed by atoms with Crippen molar-refractivity contribution in [1.82, 2.24) is 14.9 Å². The van der Waals surface area contributed by atoms with Crippen molar-refractivity contribution in [3.63, 3.8) is 0 Å². The van der Waals surface area contributed by atoms with Gasteiger partial charge in [0.05, 0.1) is 29.4 Å². The zero-order chi connectivity index (χ0) is 16.8. The molecular formula is C15H19F3N4O. The molecule has 0 unspecified atom stereocenters. The molecule has 0 radical (unpaired) electrons. The van der Waals surface area contributed by atoms with Crippen LogP contribution in [0.15, 0.2) is 6.20 Å². The Balaban J connectivity index is 1.79. The standard InChI is InChI=1S/C15H19F3N4O/c1-8-19-5-12(13(20-8)9-3-4-9)21-14(23)10-6-22(2)7-11(10)15(16,17)18/h5,9-11H,3-4,6-7H2,1-2H3,(H,21,23)/t10-,11-/m1/s1. The van der Waals surface area contributed by atoms with Gasteiger partial charge < -0.3 is 10.2 Å². The minimum Gasteiger partial charge on any atom is -0.323 e. The number of hydrogen-bond donors (Lipinski definition) is 1. The Morgan fingerprint density at radius 2 is 2.04 bits per heavy atom. The SMILES string of the molecule is Cc1ncc(NC(=O)[C@@H]2CN(C)C[C@H]2C(F)(F)F)c(C2CC2)n1. The van der Waals surface area contributed by atoms with Crippen molar-refractivity contribution in [2.45, 2.75) is 31.9 Å². The lowest BCUT2D eigenvalue weighted by Gasteiger charge is -2.21. The number of halogens is 3. The molecule has 1 aliphatic carbocycles. The fraction of sp³-hybridized carbons (Fsp3) is 0.667. The lowest BCUT2D eigenvalue weighted by molar-refractivity contribution is -0.182. The van der Waals surface area contributed by atoms with E-state index in [1.165, 1.54) is 11.1 Å². The number of nitrogens with one attached hydrogen (secondary N) is 1. The zero-order valence-electron chi connectivity index (χ0n) is 13.0. The van der Waals surface area contributed by atoms with Gasteiger partial charge in [0, 0.05) is 19.0 Å². The second kappa shape index (κ2) is 5.74. The van der Waals surface area contributed by atoms with Crippen LogP contribution in [0.1, 0.15) is 30.3 Å².